The standard InChI is InChI=1S/C21H24N2O3S/c1-14-5-7-15(8-6-14)20(16-9-10-16)22-21(24)17-3-2-4-19(13-17)27(25,26)23-18-11-12-18/h2-8,13,16,18,20,23H,9-12H2,1H3,(H,22,24). The summed E-state index contributed by atoms with van der Waals surface area (Å²) in [5.74, 6) is 0.205. The zero-order valence-corrected chi connectivity index (χ0v) is 16.1. The third-order valence-corrected chi connectivity index (χ3v) is 6.64. The van der Waals surface area contributed by atoms with Crippen molar-refractivity contribution in [2.75, 3.05) is 0 Å². The first-order valence-electron chi connectivity index (χ1n) is 9.42. The van der Waals surface area contributed by atoms with Crippen molar-refractivity contribution in [1.29, 1.82) is 0 Å². The van der Waals surface area contributed by atoms with Gasteiger partial charge < -0.3 is 5.32 Å². The predicted octanol–water partition coefficient (Wildman–Crippen LogP) is 3.32. The van der Waals surface area contributed by atoms with Crippen LogP contribution in [0.1, 0.15) is 53.2 Å². The lowest BCUT2D eigenvalue weighted by Crippen LogP contribution is -2.30. The minimum Gasteiger partial charge on any atom is -0.345 e. The van der Waals surface area contributed by atoms with Crippen LogP contribution < -0.4 is 10.0 Å². The Morgan fingerprint density at radius 1 is 1.04 bits per heavy atom. The summed E-state index contributed by atoms with van der Waals surface area (Å²) in [6.45, 7) is 2.04. The highest BCUT2D eigenvalue weighted by atomic mass is 32.2. The number of rotatable bonds is 7. The molecule has 2 fully saturated rings. The van der Waals surface area contributed by atoms with Crippen molar-refractivity contribution >= 4 is 15.9 Å². The fourth-order valence-corrected chi connectivity index (χ4v) is 4.54. The Kier molecular flexibility index (Phi) is 4.78. The summed E-state index contributed by atoms with van der Waals surface area (Å²) in [5.41, 5.74) is 2.64. The van der Waals surface area contributed by atoms with Crippen LogP contribution in [-0.4, -0.2) is 20.4 Å². The van der Waals surface area contributed by atoms with Gasteiger partial charge in [-0.15, -0.1) is 0 Å². The molecule has 1 atom stereocenters. The lowest BCUT2D eigenvalue weighted by atomic mass is 10.0. The van der Waals surface area contributed by atoms with Gasteiger partial charge in [-0.3, -0.25) is 4.79 Å². The molecule has 0 radical (unpaired) electrons. The topological polar surface area (TPSA) is 75.3 Å². The second-order valence-electron chi connectivity index (χ2n) is 7.62. The first kappa shape index (κ1) is 18.2. The van der Waals surface area contributed by atoms with E-state index in [1.165, 1.54) is 17.7 Å². The monoisotopic (exact) mass is 384 g/mol. The molecule has 5 nitrogen and oxygen atoms in total. The molecule has 142 valence electrons. The van der Waals surface area contributed by atoms with E-state index in [0.29, 0.717) is 11.5 Å². The minimum absolute atomic E-state index is 0.0354. The van der Waals surface area contributed by atoms with Gasteiger partial charge in [-0.1, -0.05) is 35.9 Å². The SMILES string of the molecule is Cc1ccc(C(NC(=O)c2cccc(S(=O)(=O)NC3CC3)c2)C2CC2)cc1. The maximum Gasteiger partial charge on any atom is 0.251 e. The van der Waals surface area contributed by atoms with Crippen molar-refractivity contribution in [3.8, 4) is 0 Å². The van der Waals surface area contributed by atoms with Crippen LogP contribution in [0.25, 0.3) is 0 Å². The number of sulfonamides is 1. The highest BCUT2D eigenvalue weighted by Crippen LogP contribution is 2.41. The second kappa shape index (κ2) is 7.09. The van der Waals surface area contributed by atoms with Crippen molar-refractivity contribution in [3.05, 3.63) is 65.2 Å². The molecule has 2 saturated carbocycles. The molecule has 0 bridgehead atoms. The molecule has 0 aliphatic heterocycles. The Morgan fingerprint density at radius 2 is 1.74 bits per heavy atom. The van der Waals surface area contributed by atoms with Gasteiger partial charge in [0.2, 0.25) is 10.0 Å². The zero-order chi connectivity index (χ0) is 19.0. The van der Waals surface area contributed by atoms with E-state index in [9.17, 15) is 13.2 Å². The van der Waals surface area contributed by atoms with E-state index in [2.05, 4.69) is 22.2 Å². The molecule has 0 spiro atoms. The average Bonchev–Trinajstić information content (AvgIpc) is 3.55. The molecule has 2 aromatic rings. The summed E-state index contributed by atoms with van der Waals surface area (Å²) in [6, 6.07) is 14.5. The molecule has 4 rings (SSSR count). The van der Waals surface area contributed by atoms with Crippen LogP contribution >= 0.6 is 0 Å². The van der Waals surface area contributed by atoms with Crippen molar-refractivity contribution in [1.82, 2.24) is 10.0 Å². The number of benzene rings is 2. The number of aryl methyl sites for hydroxylation is 1. The largest absolute Gasteiger partial charge is 0.345 e. The van der Waals surface area contributed by atoms with Crippen molar-refractivity contribution in [3.63, 3.8) is 0 Å². The lowest BCUT2D eigenvalue weighted by Gasteiger charge is -2.19. The Labute approximate surface area is 160 Å². The van der Waals surface area contributed by atoms with Crippen LogP contribution in [0.2, 0.25) is 0 Å². The molecular formula is C21H24N2O3S. The summed E-state index contributed by atoms with van der Waals surface area (Å²) >= 11 is 0. The number of nitrogens with one attached hydrogen (secondary N) is 2. The molecule has 1 unspecified atom stereocenters. The van der Waals surface area contributed by atoms with E-state index in [0.717, 1.165) is 31.2 Å². The summed E-state index contributed by atoms with van der Waals surface area (Å²) < 4.78 is 27.5. The van der Waals surface area contributed by atoms with Gasteiger partial charge in [-0.05, 0) is 62.3 Å². The zero-order valence-electron chi connectivity index (χ0n) is 15.3. The highest BCUT2D eigenvalue weighted by molar-refractivity contribution is 7.89. The van der Waals surface area contributed by atoms with Gasteiger partial charge in [0.1, 0.15) is 0 Å². The quantitative estimate of drug-likeness (QED) is 0.769. The van der Waals surface area contributed by atoms with Crippen LogP contribution in [0, 0.1) is 12.8 Å². The van der Waals surface area contributed by atoms with Crippen molar-refractivity contribution in [2.45, 2.75) is 49.6 Å². The number of amides is 1. The van der Waals surface area contributed by atoms with E-state index in [-0.39, 0.29) is 22.9 Å². The fraction of sp³-hybridized carbons (Fsp3) is 0.381. The van der Waals surface area contributed by atoms with Gasteiger partial charge in [0.05, 0.1) is 10.9 Å². The summed E-state index contributed by atoms with van der Waals surface area (Å²) in [6.07, 6.45) is 3.94. The summed E-state index contributed by atoms with van der Waals surface area (Å²) in [7, 11) is -3.57. The second-order valence-corrected chi connectivity index (χ2v) is 9.34. The van der Waals surface area contributed by atoms with Crippen molar-refractivity contribution in [2.24, 2.45) is 5.92 Å². The van der Waals surface area contributed by atoms with Crippen LogP contribution in [-0.2, 0) is 10.0 Å². The minimum atomic E-state index is -3.57. The lowest BCUT2D eigenvalue weighted by molar-refractivity contribution is 0.0931. The molecule has 2 aliphatic rings. The van der Waals surface area contributed by atoms with Crippen LogP contribution in [0.3, 0.4) is 0 Å². The first-order valence-corrected chi connectivity index (χ1v) is 10.9. The summed E-state index contributed by atoms with van der Waals surface area (Å²) in [4.78, 5) is 13.0. The average molecular weight is 385 g/mol. The van der Waals surface area contributed by atoms with Gasteiger partial charge in [0.15, 0.2) is 0 Å². The molecule has 1 amide bonds. The maximum absolute atomic E-state index is 12.8. The summed E-state index contributed by atoms with van der Waals surface area (Å²) in [5, 5.41) is 3.11. The number of carbonyl (C=O) groups is 1. The molecule has 27 heavy (non-hydrogen) atoms. The molecule has 2 aromatic carbocycles. The third-order valence-electron chi connectivity index (χ3n) is 5.12. The fourth-order valence-electron chi connectivity index (χ4n) is 3.19. The predicted molar refractivity (Wildman–Crippen MR) is 104 cm³/mol. The van der Waals surface area contributed by atoms with Gasteiger partial charge >= 0.3 is 0 Å². The highest BCUT2D eigenvalue weighted by Gasteiger charge is 2.34. The number of carbonyl (C=O) groups excluding carboxylic acids is 1. The Hall–Kier alpha value is -2.18. The van der Waals surface area contributed by atoms with Crippen LogP contribution in [0.15, 0.2) is 53.4 Å². The molecule has 0 heterocycles. The first-order chi connectivity index (χ1) is 12.9. The van der Waals surface area contributed by atoms with E-state index < -0.39 is 10.0 Å². The van der Waals surface area contributed by atoms with Crippen LogP contribution in [0.4, 0.5) is 0 Å². The van der Waals surface area contributed by atoms with Gasteiger partial charge in [0, 0.05) is 11.6 Å². The Balaban J connectivity index is 1.53. The van der Waals surface area contributed by atoms with Crippen LogP contribution in [0.5, 0.6) is 0 Å². The van der Waals surface area contributed by atoms with E-state index in [4.69, 9.17) is 0 Å². The van der Waals surface area contributed by atoms with Gasteiger partial charge in [-0.2, -0.15) is 0 Å². The van der Waals surface area contributed by atoms with Gasteiger partial charge in [-0.25, -0.2) is 13.1 Å². The molecule has 0 aromatic heterocycles. The van der Waals surface area contributed by atoms with Gasteiger partial charge in [0.25, 0.3) is 5.91 Å². The van der Waals surface area contributed by atoms with E-state index >= 15 is 0 Å². The number of hydrogen-bond donors (Lipinski definition) is 2. The van der Waals surface area contributed by atoms with E-state index in [1.807, 2.05) is 19.1 Å². The molecule has 0 saturated heterocycles. The van der Waals surface area contributed by atoms with Crippen molar-refractivity contribution < 1.29 is 13.2 Å². The number of hydrogen-bond acceptors (Lipinski definition) is 3. The molecule has 2 aliphatic carbocycles. The molecule has 6 heteroatoms. The Bertz CT molecular complexity index is 946. The van der Waals surface area contributed by atoms with E-state index in [1.54, 1.807) is 12.1 Å². The smallest absolute Gasteiger partial charge is 0.251 e. The normalized spacial score (nSPS) is 18.1. The maximum atomic E-state index is 12.8. The molecular weight excluding hydrogens is 360 g/mol. The Morgan fingerprint density at radius 3 is 2.37 bits per heavy atom. The molecule has 2 N–H and O–H groups in total. The third kappa shape index (κ3) is 4.39.